The van der Waals surface area contributed by atoms with Crippen molar-refractivity contribution in [2.45, 2.75) is 26.8 Å². The van der Waals surface area contributed by atoms with Gasteiger partial charge < -0.3 is 16.4 Å². The summed E-state index contributed by atoms with van der Waals surface area (Å²) >= 11 is 0. The second-order valence-electron chi connectivity index (χ2n) is 7.15. The molecule has 0 radical (unpaired) electrons. The Kier molecular flexibility index (Phi) is 5.01. The number of imidazole rings is 1. The molecule has 0 aliphatic carbocycles. The third kappa shape index (κ3) is 3.90. The van der Waals surface area contributed by atoms with Gasteiger partial charge in [-0.05, 0) is 45.0 Å². The van der Waals surface area contributed by atoms with Crippen molar-refractivity contribution in [3.63, 3.8) is 0 Å². The Hall–Kier alpha value is -4.01. The van der Waals surface area contributed by atoms with E-state index in [2.05, 4.69) is 30.6 Å². The number of carbonyl (C=O) groups is 1. The molecule has 4 rings (SSSR count). The number of fused-ring (bicyclic) bond motifs is 1. The fourth-order valence-electron chi connectivity index (χ4n) is 3.11. The minimum atomic E-state index is -0.211. The van der Waals surface area contributed by atoms with Crippen LogP contribution in [0.5, 0.6) is 0 Å². The molecule has 0 fully saturated rings. The van der Waals surface area contributed by atoms with Crippen LogP contribution in [0.4, 0.5) is 17.3 Å². The highest BCUT2D eigenvalue weighted by Gasteiger charge is 2.17. The van der Waals surface area contributed by atoms with Crippen LogP contribution in [0.2, 0.25) is 0 Å². The molecule has 0 aromatic carbocycles. The van der Waals surface area contributed by atoms with Gasteiger partial charge in [-0.2, -0.15) is 0 Å². The number of aromatic nitrogens is 5. The van der Waals surface area contributed by atoms with E-state index in [1.165, 1.54) is 0 Å². The van der Waals surface area contributed by atoms with E-state index in [0.717, 1.165) is 11.3 Å². The first-order valence-corrected chi connectivity index (χ1v) is 9.53. The first-order valence-electron chi connectivity index (χ1n) is 9.53. The number of pyridine rings is 2. The molecule has 0 aliphatic rings. The van der Waals surface area contributed by atoms with Gasteiger partial charge in [-0.1, -0.05) is 6.07 Å². The molecule has 0 spiro atoms. The zero-order valence-electron chi connectivity index (χ0n) is 16.9. The Morgan fingerprint density at radius 3 is 2.67 bits per heavy atom. The Morgan fingerprint density at radius 1 is 1.13 bits per heavy atom. The van der Waals surface area contributed by atoms with Gasteiger partial charge in [0.25, 0.3) is 5.91 Å². The lowest BCUT2D eigenvalue weighted by atomic mass is 10.2. The maximum Gasteiger partial charge on any atom is 0.270 e. The lowest BCUT2D eigenvalue weighted by molar-refractivity contribution is 0.0938. The van der Waals surface area contributed by atoms with Crippen LogP contribution in [-0.4, -0.2) is 36.3 Å². The zero-order chi connectivity index (χ0) is 21.3. The molecule has 9 heteroatoms. The van der Waals surface area contributed by atoms with E-state index < -0.39 is 0 Å². The lowest BCUT2D eigenvalue weighted by Gasteiger charge is -2.10. The van der Waals surface area contributed by atoms with Gasteiger partial charge in [0.05, 0.1) is 17.6 Å². The van der Waals surface area contributed by atoms with Gasteiger partial charge in [0.2, 0.25) is 0 Å². The van der Waals surface area contributed by atoms with Gasteiger partial charge >= 0.3 is 0 Å². The quantitative estimate of drug-likeness (QED) is 0.469. The summed E-state index contributed by atoms with van der Waals surface area (Å²) in [6, 6.07) is 11.0. The largest absolute Gasteiger partial charge is 0.384 e. The molecule has 0 aliphatic heterocycles. The number of nitrogens with two attached hydrogens (primary N) is 1. The van der Waals surface area contributed by atoms with Crippen molar-refractivity contribution >= 4 is 28.9 Å². The molecule has 152 valence electrons. The van der Waals surface area contributed by atoms with Crippen LogP contribution >= 0.6 is 0 Å². The molecule has 0 atom stereocenters. The third-order valence-corrected chi connectivity index (χ3v) is 4.31. The fraction of sp³-hybridized carbons (Fsp3) is 0.190. The van der Waals surface area contributed by atoms with E-state index in [-0.39, 0.29) is 11.9 Å². The van der Waals surface area contributed by atoms with Gasteiger partial charge in [-0.3, -0.25) is 9.20 Å². The number of nitrogens with one attached hydrogen (secondary N) is 2. The highest BCUT2D eigenvalue weighted by atomic mass is 16.1. The van der Waals surface area contributed by atoms with Gasteiger partial charge in [0.15, 0.2) is 5.82 Å². The molecule has 0 unspecified atom stereocenters. The minimum Gasteiger partial charge on any atom is -0.384 e. The molecule has 30 heavy (non-hydrogen) atoms. The highest BCUT2D eigenvalue weighted by Crippen LogP contribution is 2.30. The van der Waals surface area contributed by atoms with E-state index in [1.54, 1.807) is 31.3 Å². The standard InChI is InChI=1S/C21H22N8O/c1-12(2)24-21(30)15-8-7-14(11-23-15)27-20-19(16-10-17(22)26-13(3)25-16)29-9-5-4-6-18(29)28-20/h4-12,27H,1-3H3,(H,24,30)(H2,22,25,26). The maximum atomic E-state index is 12.1. The van der Waals surface area contributed by atoms with Crippen molar-refractivity contribution in [1.82, 2.24) is 29.7 Å². The molecule has 4 N–H and O–H groups in total. The normalized spacial score (nSPS) is 11.1. The second-order valence-corrected chi connectivity index (χ2v) is 7.15. The van der Waals surface area contributed by atoms with Crippen LogP contribution in [-0.2, 0) is 0 Å². The number of rotatable bonds is 5. The third-order valence-electron chi connectivity index (χ3n) is 4.31. The molecular formula is C21H22N8O. The van der Waals surface area contributed by atoms with Crippen molar-refractivity contribution in [3.8, 4) is 11.4 Å². The number of anilines is 3. The summed E-state index contributed by atoms with van der Waals surface area (Å²) in [4.78, 5) is 29.7. The van der Waals surface area contributed by atoms with Crippen LogP contribution in [0, 0.1) is 6.92 Å². The van der Waals surface area contributed by atoms with Crippen molar-refractivity contribution in [2.24, 2.45) is 0 Å². The van der Waals surface area contributed by atoms with Gasteiger partial charge in [0.1, 0.15) is 28.7 Å². The smallest absolute Gasteiger partial charge is 0.270 e. The SMILES string of the molecule is Cc1nc(N)cc(-c2c(Nc3ccc(C(=O)NC(C)C)nc3)nc3ccccn23)n1. The molecule has 0 saturated carbocycles. The van der Waals surface area contributed by atoms with Gasteiger partial charge in [0, 0.05) is 18.3 Å². The molecule has 0 bridgehead atoms. The summed E-state index contributed by atoms with van der Waals surface area (Å²) in [5, 5.41) is 6.10. The van der Waals surface area contributed by atoms with Crippen molar-refractivity contribution in [1.29, 1.82) is 0 Å². The van der Waals surface area contributed by atoms with E-state index >= 15 is 0 Å². The molecule has 4 aromatic heterocycles. The van der Waals surface area contributed by atoms with Gasteiger partial charge in [-0.25, -0.2) is 19.9 Å². The predicted octanol–water partition coefficient (Wildman–Crippen LogP) is 2.96. The average Bonchev–Trinajstić information content (AvgIpc) is 3.05. The zero-order valence-corrected chi connectivity index (χ0v) is 16.9. The number of amides is 1. The first kappa shape index (κ1) is 19.3. The lowest BCUT2D eigenvalue weighted by Crippen LogP contribution is -2.30. The number of carbonyl (C=O) groups excluding carboxylic acids is 1. The van der Waals surface area contributed by atoms with Crippen LogP contribution in [0.25, 0.3) is 17.0 Å². The topological polar surface area (TPSA) is 123 Å². The van der Waals surface area contributed by atoms with Crippen LogP contribution in [0.15, 0.2) is 48.8 Å². The average molecular weight is 402 g/mol. The van der Waals surface area contributed by atoms with Crippen LogP contribution in [0.1, 0.15) is 30.2 Å². The second kappa shape index (κ2) is 7.78. The Balaban J connectivity index is 1.72. The molecule has 4 aromatic rings. The summed E-state index contributed by atoms with van der Waals surface area (Å²) in [5.74, 6) is 1.34. The van der Waals surface area contributed by atoms with E-state index in [0.29, 0.717) is 34.5 Å². The number of nitrogen functional groups attached to an aromatic ring is 1. The molecule has 9 nitrogen and oxygen atoms in total. The minimum absolute atomic E-state index is 0.0430. The molecule has 4 heterocycles. The first-order chi connectivity index (χ1) is 14.4. The monoisotopic (exact) mass is 402 g/mol. The summed E-state index contributed by atoms with van der Waals surface area (Å²) in [6.07, 6.45) is 3.51. The van der Waals surface area contributed by atoms with E-state index in [9.17, 15) is 4.79 Å². The van der Waals surface area contributed by atoms with Crippen molar-refractivity contribution in [3.05, 3.63) is 60.3 Å². The predicted molar refractivity (Wildman–Crippen MR) is 115 cm³/mol. The van der Waals surface area contributed by atoms with Crippen molar-refractivity contribution < 1.29 is 4.79 Å². The summed E-state index contributed by atoms with van der Waals surface area (Å²) in [7, 11) is 0. The molecule has 1 amide bonds. The maximum absolute atomic E-state index is 12.1. The van der Waals surface area contributed by atoms with Crippen LogP contribution < -0.4 is 16.4 Å². The number of nitrogens with zero attached hydrogens (tertiary/aromatic N) is 5. The molecular weight excluding hydrogens is 380 g/mol. The van der Waals surface area contributed by atoms with Gasteiger partial charge in [-0.15, -0.1) is 0 Å². The Morgan fingerprint density at radius 2 is 1.97 bits per heavy atom. The number of aryl methyl sites for hydroxylation is 1. The Bertz CT molecular complexity index is 1190. The highest BCUT2D eigenvalue weighted by molar-refractivity contribution is 5.92. The summed E-state index contributed by atoms with van der Waals surface area (Å²) in [5.41, 5.74) is 9.15. The fourth-order valence-corrected chi connectivity index (χ4v) is 3.11. The Labute approximate surface area is 173 Å². The van der Waals surface area contributed by atoms with E-state index in [4.69, 9.17) is 5.73 Å². The van der Waals surface area contributed by atoms with Crippen LogP contribution in [0.3, 0.4) is 0 Å². The molecule has 0 saturated heterocycles. The number of hydrogen-bond acceptors (Lipinski definition) is 7. The van der Waals surface area contributed by atoms with Crippen molar-refractivity contribution in [2.75, 3.05) is 11.1 Å². The summed E-state index contributed by atoms with van der Waals surface area (Å²) in [6.45, 7) is 5.60. The summed E-state index contributed by atoms with van der Waals surface area (Å²) < 4.78 is 1.93. The van der Waals surface area contributed by atoms with E-state index in [1.807, 2.05) is 42.6 Å². The number of hydrogen-bond donors (Lipinski definition) is 3.